The molecule has 0 bridgehead atoms. The summed E-state index contributed by atoms with van der Waals surface area (Å²) in [5, 5.41) is 2.17. The van der Waals surface area contributed by atoms with Gasteiger partial charge in [0.1, 0.15) is 5.75 Å². The number of hydrogen-bond donors (Lipinski definition) is 4. The molecular weight excluding hydrogens is 404 g/mol. The molecule has 150 valence electrons. The van der Waals surface area contributed by atoms with Crippen LogP contribution in [0.3, 0.4) is 0 Å². The third-order valence-corrected chi connectivity index (χ3v) is 6.22. The maximum absolute atomic E-state index is 12.7. The minimum Gasteiger partial charge on any atom is -0.497 e. The molecule has 1 heterocycles. The number of rotatable bonds is 7. The molecule has 4 N–H and O–H groups in total. The minimum atomic E-state index is -3.86. The maximum Gasteiger partial charge on any atom is 0.250 e. The molecule has 1 fully saturated rings. The molecule has 1 aliphatic heterocycles. The van der Waals surface area contributed by atoms with Crippen molar-refractivity contribution in [3.8, 4) is 5.75 Å². The number of hydrogen-bond acceptors (Lipinski definition) is 6. The van der Waals surface area contributed by atoms with Crippen molar-refractivity contribution in [2.75, 3.05) is 18.4 Å². The van der Waals surface area contributed by atoms with Crippen molar-refractivity contribution in [3.63, 3.8) is 0 Å². The number of sulfonamides is 1. The molecule has 1 amide bonds. The van der Waals surface area contributed by atoms with Crippen LogP contribution in [0, 0.1) is 5.92 Å². The van der Waals surface area contributed by atoms with Gasteiger partial charge in [-0.2, -0.15) is 0 Å². The average Bonchev–Trinajstić information content (AvgIpc) is 3.19. The van der Waals surface area contributed by atoms with Crippen molar-refractivity contribution in [2.24, 2.45) is 5.92 Å². The number of hydrazine groups is 1. The van der Waals surface area contributed by atoms with E-state index in [0.29, 0.717) is 10.7 Å². The first kappa shape index (κ1) is 20.4. The lowest BCUT2D eigenvalue weighted by Crippen LogP contribution is -2.46. The summed E-state index contributed by atoms with van der Waals surface area (Å²) in [6, 6.07) is 13.5. The van der Waals surface area contributed by atoms with Crippen molar-refractivity contribution in [1.29, 1.82) is 0 Å². The maximum atomic E-state index is 12.7. The summed E-state index contributed by atoms with van der Waals surface area (Å²) >= 11 is 5.82. The quantitative estimate of drug-likeness (QED) is 0.536. The molecule has 2 aromatic carbocycles. The Morgan fingerprint density at radius 3 is 2.50 bits per heavy atom. The van der Waals surface area contributed by atoms with Gasteiger partial charge in [-0.25, -0.2) is 13.8 Å². The number of halogens is 1. The van der Waals surface area contributed by atoms with Gasteiger partial charge in [0.15, 0.2) is 5.37 Å². The first-order chi connectivity index (χ1) is 13.4. The highest BCUT2D eigenvalue weighted by Crippen LogP contribution is 2.20. The van der Waals surface area contributed by atoms with E-state index >= 15 is 0 Å². The number of nitrogens with one attached hydrogen (secondary N) is 4. The fourth-order valence-corrected chi connectivity index (χ4v) is 4.42. The van der Waals surface area contributed by atoms with Crippen LogP contribution in [0.2, 0.25) is 5.02 Å². The highest BCUT2D eigenvalue weighted by atomic mass is 35.5. The second-order valence-electron chi connectivity index (χ2n) is 6.27. The summed E-state index contributed by atoms with van der Waals surface area (Å²) in [4.78, 5) is 12.6. The van der Waals surface area contributed by atoms with Gasteiger partial charge < -0.3 is 10.1 Å². The van der Waals surface area contributed by atoms with E-state index in [1.807, 2.05) is 12.1 Å². The van der Waals surface area contributed by atoms with Gasteiger partial charge in [-0.1, -0.05) is 23.7 Å². The smallest absolute Gasteiger partial charge is 0.250 e. The second-order valence-corrected chi connectivity index (χ2v) is 8.51. The van der Waals surface area contributed by atoms with Crippen LogP contribution in [-0.2, 0) is 21.4 Å². The second kappa shape index (κ2) is 8.78. The van der Waals surface area contributed by atoms with Crippen LogP contribution in [0.5, 0.6) is 5.75 Å². The first-order valence-corrected chi connectivity index (χ1v) is 10.5. The normalized spacial score (nSPS) is 19.2. The van der Waals surface area contributed by atoms with E-state index in [9.17, 15) is 13.2 Å². The molecule has 2 unspecified atom stereocenters. The molecule has 8 nitrogen and oxygen atoms in total. The molecule has 0 radical (unpaired) electrons. The van der Waals surface area contributed by atoms with Crippen LogP contribution < -0.4 is 25.6 Å². The van der Waals surface area contributed by atoms with Crippen molar-refractivity contribution in [2.45, 2.75) is 11.9 Å². The summed E-state index contributed by atoms with van der Waals surface area (Å²) in [5.74, 6) is -0.429. The molecular formula is C18H21ClN4O4S. The van der Waals surface area contributed by atoms with Crippen molar-refractivity contribution in [1.82, 2.24) is 16.2 Å². The van der Waals surface area contributed by atoms with Crippen LogP contribution in [-0.4, -0.2) is 33.4 Å². The van der Waals surface area contributed by atoms with Crippen molar-refractivity contribution >= 4 is 33.2 Å². The van der Waals surface area contributed by atoms with Gasteiger partial charge in [0.2, 0.25) is 5.91 Å². The van der Waals surface area contributed by atoms with Crippen LogP contribution in [0.1, 0.15) is 5.56 Å². The lowest BCUT2D eigenvalue weighted by Gasteiger charge is -2.19. The van der Waals surface area contributed by atoms with Gasteiger partial charge in [0, 0.05) is 23.8 Å². The number of carbonyl (C=O) groups is 1. The molecule has 0 spiro atoms. The van der Waals surface area contributed by atoms with Crippen LogP contribution in [0.4, 0.5) is 5.69 Å². The number of benzene rings is 2. The van der Waals surface area contributed by atoms with Crippen molar-refractivity contribution in [3.05, 3.63) is 59.1 Å². The summed E-state index contributed by atoms with van der Waals surface area (Å²) in [6.07, 6.45) is 0. The van der Waals surface area contributed by atoms with Crippen LogP contribution in [0.25, 0.3) is 0 Å². The number of amides is 1. The summed E-state index contributed by atoms with van der Waals surface area (Å²) in [7, 11) is -2.28. The standard InChI is InChI=1S/C18H21ClN4O4S/c1-27-15-8-2-12(3-9-15)10-20-17(24)16-11-21-22-18(16)28(25,26)23-14-6-4-13(19)5-7-14/h2-9,16,18,21-23H,10-11H2,1H3,(H,20,24). The fraction of sp³-hybridized carbons (Fsp3) is 0.278. The molecule has 28 heavy (non-hydrogen) atoms. The van der Waals surface area contributed by atoms with E-state index in [-0.39, 0.29) is 19.0 Å². The Kier molecular flexibility index (Phi) is 6.40. The third kappa shape index (κ3) is 4.93. The molecule has 10 heteroatoms. The van der Waals surface area contributed by atoms with E-state index in [1.165, 1.54) is 0 Å². The Morgan fingerprint density at radius 1 is 1.18 bits per heavy atom. The van der Waals surface area contributed by atoms with Gasteiger partial charge in [-0.05, 0) is 42.0 Å². The van der Waals surface area contributed by atoms with E-state index in [4.69, 9.17) is 16.3 Å². The molecule has 0 saturated carbocycles. The Balaban J connectivity index is 1.63. The Labute approximate surface area is 168 Å². The van der Waals surface area contributed by atoms with Crippen LogP contribution in [0.15, 0.2) is 48.5 Å². The first-order valence-electron chi connectivity index (χ1n) is 8.55. The topological polar surface area (TPSA) is 109 Å². The molecule has 2 aromatic rings. The van der Waals surface area contributed by atoms with Gasteiger partial charge in [0.05, 0.1) is 13.0 Å². The lowest BCUT2D eigenvalue weighted by molar-refractivity contribution is -0.124. The molecule has 1 aliphatic rings. The lowest BCUT2D eigenvalue weighted by atomic mass is 10.1. The van der Waals surface area contributed by atoms with Gasteiger partial charge in [-0.3, -0.25) is 14.9 Å². The summed E-state index contributed by atoms with van der Waals surface area (Å²) in [5.41, 5.74) is 6.67. The van der Waals surface area contributed by atoms with Gasteiger partial charge in [-0.15, -0.1) is 0 Å². The molecule has 0 aliphatic carbocycles. The molecule has 0 aromatic heterocycles. The predicted octanol–water partition coefficient (Wildman–Crippen LogP) is 1.46. The van der Waals surface area contributed by atoms with Gasteiger partial charge in [0.25, 0.3) is 10.0 Å². The number of anilines is 1. The van der Waals surface area contributed by atoms with Crippen LogP contribution >= 0.6 is 11.6 Å². The van der Waals surface area contributed by atoms with E-state index < -0.39 is 21.3 Å². The van der Waals surface area contributed by atoms with Crippen molar-refractivity contribution < 1.29 is 17.9 Å². The third-order valence-electron chi connectivity index (χ3n) is 4.33. The molecule has 1 saturated heterocycles. The number of ether oxygens (including phenoxy) is 1. The SMILES string of the molecule is COc1ccc(CNC(=O)C2CNNC2S(=O)(=O)Nc2ccc(Cl)cc2)cc1. The van der Waals surface area contributed by atoms with E-state index in [2.05, 4.69) is 20.9 Å². The fourth-order valence-electron chi connectivity index (χ4n) is 2.81. The van der Waals surface area contributed by atoms with E-state index in [0.717, 1.165) is 11.3 Å². The zero-order valence-corrected chi connectivity index (χ0v) is 16.7. The average molecular weight is 425 g/mol. The highest BCUT2D eigenvalue weighted by molar-refractivity contribution is 7.93. The molecule has 3 rings (SSSR count). The zero-order valence-electron chi connectivity index (χ0n) is 15.1. The Bertz CT molecular complexity index is 920. The highest BCUT2D eigenvalue weighted by Gasteiger charge is 2.41. The largest absolute Gasteiger partial charge is 0.497 e. The monoisotopic (exact) mass is 424 g/mol. The number of methoxy groups -OCH3 is 1. The minimum absolute atomic E-state index is 0.195. The van der Waals surface area contributed by atoms with E-state index in [1.54, 1.807) is 43.5 Å². The zero-order chi connectivity index (χ0) is 20.1. The number of carbonyl (C=O) groups excluding carboxylic acids is 1. The Hall–Kier alpha value is -2.33. The predicted molar refractivity (Wildman–Crippen MR) is 107 cm³/mol. The molecule has 2 atom stereocenters. The Morgan fingerprint density at radius 2 is 1.86 bits per heavy atom. The summed E-state index contributed by atoms with van der Waals surface area (Å²) < 4.78 is 33.0. The van der Waals surface area contributed by atoms with Gasteiger partial charge >= 0.3 is 0 Å². The summed E-state index contributed by atoms with van der Waals surface area (Å²) in [6.45, 7) is 0.483.